The summed E-state index contributed by atoms with van der Waals surface area (Å²) in [6.45, 7) is 10.3. The molecule has 3 aliphatic rings. The molecule has 156 valence electrons. The molecule has 3 nitrogen and oxygen atoms in total. The molecule has 1 aromatic carbocycles. The molecule has 4 heteroatoms. The SMILES string of the molecule is Cc1c(F)ccc(C2=C(c3ccncc3)C(C3=CCN4CC(C)(C)C=C4C3)=C=N2)c1C. The normalized spacial score (nSPS) is 19.4. The zero-order chi connectivity index (χ0) is 21.8. The van der Waals surface area contributed by atoms with Crippen molar-refractivity contribution in [2.75, 3.05) is 13.1 Å². The second-order valence-electron chi connectivity index (χ2n) is 9.31. The summed E-state index contributed by atoms with van der Waals surface area (Å²) in [6, 6.07) is 7.39. The highest BCUT2D eigenvalue weighted by molar-refractivity contribution is 6.10. The smallest absolute Gasteiger partial charge is 0.126 e. The molecule has 1 aromatic heterocycles. The lowest BCUT2D eigenvalue weighted by molar-refractivity contribution is 0.315. The molecule has 0 amide bonds. The number of aliphatic imine (C=N–C) groups is 1. The molecule has 0 aliphatic carbocycles. The van der Waals surface area contributed by atoms with E-state index in [0.717, 1.165) is 53.0 Å². The van der Waals surface area contributed by atoms with Gasteiger partial charge < -0.3 is 4.90 Å². The molecule has 0 saturated carbocycles. The number of fused-ring (bicyclic) bond motifs is 1. The summed E-state index contributed by atoms with van der Waals surface area (Å²) in [7, 11) is 0. The number of nitrogens with zero attached hydrogens (tertiary/aromatic N) is 3. The van der Waals surface area contributed by atoms with Crippen LogP contribution >= 0.6 is 0 Å². The molecular formula is C27H26FN3. The number of benzene rings is 1. The van der Waals surface area contributed by atoms with Gasteiger partial charge in [-0.05, 0) is 66.2 Å². The maximum Gasteiger partial charge on any atom is 0.126 e. The number of hydrogen-bond acceptors (Lipinski definition) is 3. The van der Waals surface area contributed by atoms with Crippen LogP contribution in [0.25, 0.3) is 11.3 Å². The highest BCUT2D eigenvalue weighted by Crippen LogP contribution is 2.44. The second kappa shape index (κ2) is 7.18. The quantitative estimate of drug-likeness (QED) is 0.632. The zero-order valence-electron chi connectivity index (χ0n) is 18.5. The van der Waals surface area contributed by atoms with E-state index in [1.165, 1.54) is 17.3 Å². The van der Waals surface area contributed by atoms with Gasteiger partial charge in [-0.15, -0.1) is 0 Å². The zero-order valence-corrected chi connectivity index (χ0v) is 18.5. The van der Waals surface area contributed by atoms with Crippen LogP contribution in [-0.4, -0.2) is 28.8 Å². The standard InChI is InChI=1S/C27H26FN3/c1-17-18(2)24(28)6-5-22(17)26-25(19-7-10-29-11-8-19)23(15-30-26)20-9-12-31-16-27(3,4)14-21(31)13-20/h5-11,14H,12-13,16H2,1-4H3. The average molecular weight is 412 g/mol. The average Bonchev–Trinajstić information content (AvgIpc) is 3.31. The molecular weight excluding hydrogens is 385 g/mol. The van der Waals surface area contributed by atoms with E-state index in [1.807, 2.05) is 32.0 Å². The van der Waals surface area contributed by atoms with Gasteiger partial charge in [-0.2, -0.15) is 0 Å². The Morgan fingerprint density at radius 2 is 1.84 bits per heavy atom. The Bertz CT molecular complexity index is 1240. The molecule has 5 rings (SSSR count). The maximum absolute atomic E-state index is 14.1. The van der Waals surface area contributed by atoms with E-state index in [2.05, 4.69) is 41.8 Å². The molecule has 3 aliphatic heterocycles. The Morgan fingerprint density at radius 1 is 1.06 bits per heavy atom. The lowest BCUT2D eigenvalue weighted by Gasteiger charge is -2.29. The van der Waals surface area contributed by atoms with Gasteiger partial charge in [-0.1, -0.05) is 26.0 Å². The summed E-state index contributed by atoms with van der Waals surface area (Å²) in [5, 5.41) is 0. The maximum atomic E-state index is 14.1. The molecule has 2 aromatic rings. The molecule has 0 atom stereocenters. The molecule has 0 bridgehead atoms. The van der Waals surface area contributed by atoms with E-state index in [4.69, 9.17) is 4.99 Å². The van der Waals surface area contributed by atoms with E-state index >= 15 is 0 Å². The topological polar surface area (TPSA) is 28.5 Å². The fraction of sp³-hybridized carbons (Fsp3) is 0.296. The number of pyridine rings is 1. The molecule has 0 unspecified atom stereocenters. The molecule has 0 spiro atoms. The van der Waals surface area contributed by atoms with Crippen molar-refractivity contribution >= 4 is 17.1 Å². The summed E-state index contributed by atoms with van der Waals surface area (Å²) in [4.78, 5) is 11.4. The van der Waals surface area contributed by atoms with Crippen LogP contribution in [0.15, 0.2) is 70.6 Å². The Kier molecular flexibility index (Phi) is 4.56. The first-order valence-electron chi connectivity index (χ1n) is 10.7. The largest absolute Gasteiger partial charge is 0.370 e. The highest BCUT2D eigenvalue weighted by atomic mass is 19.1. The van der Waals surface area contributed by atoms with Gasteiger partial charge in [0.1, 0.15) is 5.82 Å². The minimum atomic E-state index is -0.187. The van der Waals surface area contributed by atoms with E-state index in [0.29, 0.717) is 5.56 Å². The van der Waals surface area contributed by atoms with Crippen molar-refractivity contribution in [3.05, 3.63) is 93.7 Å². The Balaban J connectivity index is 1.63. The monoisotopic (exact) mass is 411 g/mol. The highest BCUT2D eigenvalue weighted by Gasteiger charge is 2.33. The van der Waals surface area contributed by atoms with Crippen molar-refractivity contribution in [2.45, 2.75) is 34.1 Å². The Labute approximate surface area is 183 Å². The van der Waals surface area contributed by atoms with Gasteiger partial charge >= 0.3 is 0 Å². The van der Waals surface area contributed by atoms with Crippen LogP contribution in [0.1, 0.15) is 42.5 Å². The lowest BCUT2D eigenvalue weighted by atomic mass is 9.87. The minimum absolute atomic E-state index is 0.187. The third-order valence-corrected chi connectivity index (χ3v) is 6.52. The first-order chi connectivity index (χ1) is 14.8. The first kappa shape index (κ1) is 19.7. The fourth-order valence-electron chi connectivity index (χ4n) is 4.82. The number of rotatable bonds is 3. The van der Waals surface area contributed by atoms with Crippen LogP contribution in [-0.2, 0) is 0 Å². The number of aromatic nitrogens is 1. The molecule has 0 fully saturated rings. The predicted octanol–water partition coefficient (Wildman–Crippen LogP) is 5.87. The third-order valence-electron chi connectivity index (χ3n) is 6.52. The summed E-state index contributed by atoms with van der Waals surface area (Å²) >= 11 is 0. The summed E-state index contributed by atoms with van der Waals surface area (Å²) in [6.07, 6.45) is 9.19. The van der Waals surface area contributed by atoms with Crippen molar-refractivity contribution in [3.63, 3.8) is 0 Å². The van der Waals surface area contributed by atoms with Crippen LogP contribution in [0.3, 0.4) is 0 Å². The van der Waals surface area contributed by atoms with Crippen LogP contribution in [0.5, 0.6) is 0 Å². The van der Waals surface area contributed by atoms with Crippen molar-refractivity contribution in [1.29, 1.82) is 0 Å². The third kappa shape index (κ3) is 3.37. The molecule has 31 heavy (non-hydrogen) atoms. The van der Waals surface area contributed by atoms with Crippen molar-refractivity contribution < 1.29 is 4.39 Å². The van der Waals surface area contributed by atoms with Gasteiger partial charge in [0.25, 0.3) is 0 Å². The van der Waals surface area contributed by atoms with Gasteiger partial charge in [0, 0.05) is 59.7 Å². The van der Waals surface area contributed by atoms with E-state index < -0.39 is 0 Å². The van der Waals surface area contributed by atoms with Gasteiger partial charge in [-0.3, -0.25) is 4.98 Å². The van der Waals surface area contributed by atoms with Gasteiger partial charge in [-0.25, -0.2) is 9.38 Å². The van der Waals surface area contributed by atoms with Gasteiger partial charge in [0.2, 0.25) is 0 Å². The summed E-state index contributed by atoms with van der Waals surface area (Å²) in [5.41, 5.74) is 9.36. The van der Waals surface area contributed by atoms with Crippen LogP contribution in [0, 0.1) is 25.1 Å². The minimum Gasteiger partial charge on any atom is -0.370 e. The molecule has 0 radical (unpaired) electrons. The number of allylic oxidation sites excluding steroid dienone is 3. The molecule has 0 saturated heterocycles. The molecule has 4 heterocycles. The summed E-state index contributed by atoms with van der Waals surface area (Å²) < 4.78 is 14.1. The molecule has 0 N–H and O–H groups in total. The van der Waals surface area contributed by atoms with Crippen LogP contribution in [0.4, 0.5) is 4.39 Å². The van der Waals surface area contributed by atoms with Crippen molar-refractivity contribution in [2.24, 2.45) is 10.4 Å². The lowest BCUT2D eigenvalue weighted by Crippen LogP contribution is -2.28. The van der Waals surface area contributed by atoms with Crippen molar-refractivity contribution in [1.82, 2.24) is 9.88 Å². The van der Waals surface area contributed by atoms with Gasteiger partial charge in [0.15, 0.2) is 0 Å². The first-order valence-corrected chi connectivity index (χ1v) is 10.7. The fourth-order valence-corrected chi connectivity index (χ4v) is 4.82. The van der Waals surface area contributed by atoms with Crippen LogP contribution in [0.2, 0.25) is 0 Å². The van der Waals surface area contributed by atoms with Gasteiger partial charge in [0.05, 0.1) is 5.70 Å². The number of halogens is 1. The van der Waals surface area contributed by atoms with E-state index in [9.17, 15) is 4.39 Å². The van der Waals surface area contributed by atoms with Crippen molar-refractivity contribution in [3.8, 4) is 0 Å². The number of hydrogen-bond donors (Lipinski definition) is 0. The van der Waals surface area contributed by atoms with Crippen LogP contribution < -0.4 is 0 Å². The van der Waals surface area contributed by atoms with E-state index in [-0.39, 0.29) is 11.2 Å². The Morgan fingerprint density at radius 3 is 2.61 bits per heavy atom. The predicted molar refractivity (Wildman–Crippen MR) is 124 cm³/mol. The second-order valence-corrected chi connectivity index (χ2v) is 9.31. The van der Waals surface area contributed by atoms with E-state index in [1.54, 1.807) is 12.4 Å². The summed E-state index contributed by atoms with van der Waals surface area (Å²) in [5.74, 6) is 3.14. The Hall–Kier alpha value is -3.23.